The Bertz CT molecular complexity index is 443. The van der Waals surface area contributed by atoms with E-state index in [1.54, 1.807) is 23.3 Å². The molecule has 1 aromatic carbocycles. The van der Waals surface area contributed by atoms with Gasteiger partial charge in [0, 0.05) is 6.04 Å². The Morgan fingerprint density at radius 1 is 1.06 bits per heavy atom. The van der Waals surface area contributed by atoms with Crippen molar-refractivity contribution in [2.75, 3.05) is 6.54 Å². The Morgan fingerprint density at radius 2 is 1.83 bits per heavy atom. The number of phenols is 1. The highest BCUT2D eigenvalue weighted by Crippen LogP contribution is 2.32. The van der Waals surface area contributed by atoms with E-state index in [-0.39, 0.29) is 0 Å². The van der Waals surface area contributed by atoms with E-state index in [2.05, 4.69) is 5.32 Å². The summed E-state index contributed by atoms with van der Waals surface area (Å²) in [6.07, 6.45) is 7.64. The van der Waals surface area contributed by atoms with Crippen LogP contribution < -0.4 is 5.32 Å². The predicted molar refractivity (Wildman–Crippen MR) is 73.7 cm³/mol. The third-order valence-corrected chi connectivity index (χ3v) is 4.24. The number of rotatable bonds is 2. The molecule has 18 heavy (non-hydrogen) atoms. The summed E-state index contributed by atoms with van der Waals surface area (Å²) in [4.78, 5) is 0. The molecule has 0 amide bonds. The van der Waals surface area contributed by atoms with Gasteiger partial charge in [0.05, 0.1) is 0 Å². The van der Waals surface area contributed by atoms with Crippen molar-refractivity contribution >= 4 is 0 Å². The zero-order valence-electron chi connectivity index (χ0n) is 10.8. The highest BCUT2D eigenvalue weighted by atomic mass is 16.3. The molecule has 0 spiro atoms. The summed E-state index contributed by atoms with van der Waals surface area (Å²) in [6.45, 7) is 1.13. The third kappa shape index (κ3) is 2.44. The van der Waals surface area contributed by atoms with Gasteiger partial charge in [0.25, 0.3) is 0 Å². The summed E-state index contributed by atoms with van der Waals surface area (Å²) in [5, 5.41) is 13.0. The van der Waals surface area contributed by atoms with Gasteiger partial charge >= 0.3 is 0 Å². The summed E-state index contributed by atoms with van der Waals surface area (Å²) in [5.74, 6) is 0.355. The fourth-order valence-electron chi connectivity index (χ4n) is 3.28. The van der Waals surface area contributed by atoms with Crippen molar-refractivity contribution in [3.8, 4) is 5.75 Å². The molecule has 1 heterocycles. The van der Waals surface area contributed by atoms with Crippen LogP contribution in [0.2, 0.25) is 0 Å². The number of hydrogen-bond donors (Lipinski definition) is 2. The largest absolute Gasteiger partial charge is 0.508 e. The Kier molecular flexibility index (Phi) is 3.37. The van der Waals surface area contributed by atoms with E-state index in [1.807, 2.05) is 12.1 Å². The fourth-order valence-corrected chi connectivity index (χ4v) is 3.28. The molecular weight excluding hydrogens is 222 g/mol. The summed E-state index contributed by atoms with van der Waals surface area (Å²) in [7, 11) is 0. The molecule has 1 atom stereocenters. The van der Waals surface area contributed by atoms with Crippen molar-refractivity contribution in [2.45, 2.75) is 44.6 Å². The summed E-state index contributed by atoms with van der Waals surface area (Å²) in [6, 6.07) is 8.17. The van der Waals surface area contributed by atoms with Crippen molar-refractivity contribution in [1.82, 2.24) is 5.32 Å². The van der Waals surface area contributed by atoms with Gasteiger partial charge in [-0.2, -0.15) is 0 Å². The van der Waals surface area contributed by atoms with Gasteiger partial charge in [-0.1, -0.05) is 23.3 Å². The second kappa shape index (κ2) is 5.15. The van der Waals surface area contributed by atoms with Crippen molar-refractivity contribution in [3.05, 3.63) is 41.0 Å². The van der Waals surface area contributed by atoms with Crippen molar-refractivity contribution in [3.63, 3.8) is 0 Å². The van der Waals surface area contributed by atoms with E-state index in [9.17, 15) is 5.11 Å². The molecule has 0 unspecified atom stereocenters. The van der Waals surface area contributed by atoms with Gasteiger partial charge in [0.2, 0.25) is 0 Å². The van der Waals surface area contributed by atoms with Crippen LogP contribution in [0.5, 0.6) is 5.75 Å². The van der Waals surface area contributed by atoms with E-state index < -0.39 is 0 Å². The predicted octanol–water partition coefficient (Wildman–Crippen LogP) is 3.17. The molecule has 2 nitrogen and oxygen atoms in total. The third-order valence-electron chi connectivity index (χ3n) is 4.24. The Labute approximate surface area is 109 Å². The van der Waals surface area contributed by atoms with E-state index in [0.717, 1.165) is 13.0 Å². The lowest BCUT2D eigenvalue weighted by Crippen LogP contribution is -2.39. The van der Waals surface area contributed by atoms with Gasteiger partial charge in [-0.15, -0.1) is 0 Å². The molecule has 0 bridgehead atoms. The van der Waals surface area contributed by atoms with Crippen LogP contribution in [-0.4, -0.2) is 17.7 Å². The molecule has 0 aromatic heterocycles. The molecule has 2 heteroatoms. The zero-order chi connectivity index (χ0) is 12.4. The first kappa shape index (κ1) is 11.8. The molecule has 2 aliphatic rings. The second-order valence-electron chi connectivity index (χ2n) is 5.46. The molecule has 0 saturated carbocycles. The molecule has 1 aliphatic heterocycles. The molecule has 0 saturated heterocycles. The molecule has 0 radical (unpaired) electrons. The first-order chi connectivity index (χ1) is 8.83. The summed E-state index contributed by atoms with van der Waals surface area (Å²) in [5.41, 5.74) is 4.72. The highest BCUT2D eigenvalue weighted by molar-refractivity contribution is 5.31. The van der Waals surface area contributed by atoms with E-state index >= 15 is 0 Å². The Hall–Kier alpha value is -1.28. The minimum Gasteiger partial charge on any atom is -0.508 e. The molecule has 96 valence electrons. The SMILES string of the molecule is Oc1ccc(C[C@H]2NCCC3=C2CCCC3)cc1. The van der Waals surface area contributed by atoms with Gasteiger partial charge in [0.1, 0.15) is 5.75 Å². The van der Waals surface area contributed by atoms with Gasteiger partial charge in [-0.25, -0.2) is 0 Å². The summed E-state index contributed by atoms with van der Waals surface area (Å²) < 4.78 is 0. The van der Waals surface area contributed by atoms with Crippen LogP contribution in [0.4, 0.5) is 0 Å². The second-order valence-corrected chi connectivity index (χ2v) is 5.46. The highest BCUT2D eigenvalue weighted by Gasteiger charge is 2.24. The Balaban J connectivity index is 1.77. The Morgan fingerprint density at radius 3 is 2.67 bits per heavy atom. The average molecular weight is 243 g/mol. The van der Waals surface area contributed by atoms with E-state index in [4.69, 9.17) is 0 Å². The van der Waals surface area contributed by atoms with Crippen molar-refractivity contribution in [1.29, 1.82) is 0 Å². The monoisotopic (exact) mass is 243 g/mol. The zero-order valence-corrected chi connectivity index (χ0v) is 10.8. The van der Waals surface area contributed by atoms with Crippen LogP contribution in [0.15, 0.2) is 35.4 Å². The maximum absolute atomic E-state index is 9.32. The number of aromatic hydroxyl groups is 1. The van der Waals surface area contributed by atoms with Gasteiger partial charge < -0.3 is 10.4 Å². The first-order valence-corrected chi connectivity index (χ1v) is 7.05. The van der Waals surface area contributed by atoms with E-state index in [0.29, 0.717) is 11.8 Å². The standard InChI is InChI=1S/C16H21NO/c18-14-7-5-12(6-8-14)11-16-15-4-2-1-3-13(15)9-10-17-16/h5-8,16-18H,1-4,9-11H2/t16-/m1/s1. The average Bonchev–Trinajstić information content (AvgIpc) is 2.42. The van der Waals surface area contributed by atoms with Crippen molar-refractivity contribution < 1.29 is 5.11 Å². The molecule has 0 fully saturated rings. The number of nitrogens with one attached hydrogen (secondary N) is 1. The first-order valence-electron chi connectivity index (χ1n) is 7.05. The minimum atomic E-state index is 0.355. The number of benzene rings is 1. The van der Waals surface area contributed by atoms with E-state index in [1.165, 1.54) is 37.7 Å². The van der Waals surface area contributed by atoms with Crippen LogP contribution in [0.25, 0.3) is 0 Å². The maximum Gasteiger partial charge on any atom is 0.115 e. The molecule has 1 aliphatic carbocycles. The fraction of sp³-hybridized carbons (Fsp3) is 0.500. The van der Waals surface area contributed by atoms with Crippen molar-refractivity contribution in [2.24, 2.45) is 0 Å². The van der Waals surface area contributed by atoms with Gasteiger partial charge in [-0.3, -0.25) is 0 Å². The lowest BCUT2D eigenvalue weighted by molar-refractivity contribution is 0.470. The van der Waals surface area contributed by atoms with Crippen LogP contribution in [-0.2, 0) is 6.42 Å². The molecular formula is C16H21NO. The maximum atomic E-state index is 9.32. The van der Waals surface area contributed by atoms with Gasteiger partial charge in [-0.05, 0) is 62.8 Å². The minimum absolute atomic E-state index is 0.355. The topological polar surface area (TPSA) is 32.3 Å². The molecule has 1 aromatic rings. The summed E-state index contributed by atoms with van der Waals surface area (Å²) >= 11 is 0. The normalized spacial score (nSPS) is 23.9. The number of phenolic OH excluding ortho intramolecular Hbond substituents is 1. The van der Waals surface area contributed by atoms with Crippen LogP contribution in [0.1, 0.15) is 37.7 Å². The lowest BCUT2D eigenvalue weighted by atomic mass is 9.81. The van der Waals surface area contributed by atoms with Gasteiger partial charge in [0.15, 0.2) is 0 Å². The molecule has 2 N–H and O–H groups in total. The smallest absolute Gasteiger partial charge is 0.115 e. The van der Waals surface area contributed by atoms with Crippen LogP contribution in [0.3, 0.4) is 0 Å². The lowest BCUT2D eigenvalue weighted by Gasteiger charge is -2.33. The quantitative estimate of drug-likeness (QED) is 0.782. The molecule has 3 rings (SSSR count). The van der Waals surface area contributed by atoms with Crippen LogP contribution >= 0.6 is 0 Å². The van der Waals surface area contributed by atoms with Crippen LogP contribution in [0, 0.1) is 0 Å². The number of hydrogen-bond acceptors (Lipinski definition) is 2.